The molecule has 22 heavy (non-hydrogen) atoms. The first kappa shape index (κ1) is 18.6. The largest absolute Gasteiger partial charge is 0.481 e. The summed E-state index contributed by atoms with van der Waals surface area (Å²) in [5, 5.41) is 11.8. The number of nitrogens with one attached hydrogen (secondary N) is 1. The fourth-order valence-corrected chi connectivity index (χ4v) is 3.16. The fourth-order valence-electron chi connectivity index (χ4n) is 2.16. The van der Waals surface area contributed by atoms with Crippen LogP contribution in [0.15, 0.2) is 35.2 Å². The number of hydrogen-bond donors (Lipinski definition) is 2. The number of aliphatic carboxylic acids is 1. The molecule has 0 fully saturated rings. The number of benzene rings is 1. The number of carboxylic acids is 1. The molecule has 122 valence electrons. The molecule has 0 saturated heterocycles. The highest BCUT2D eigenvalue weighted by molar-refractivity contribution is 8.00. The molecule has 0 heterocycles. The van der Waals surface area contributed by atoms with Crippen molar-refractivity contribution in [2.75, 3.05) is 6.54 Å². The van der Waals surface area contributed by atoms with Crippen molar-refractivity contribution >= 4 is 23.6 Å². The van der Waals surface area contributed by atoms with E-state index in [1.165, 1.54) is 11.8 Å². The van der Waals surface area contributed by atoms with Gasteiger partial charge in [-0.3, -0.25) is 9.59 Å². The first-order chi connectivity index (χ1) is 10.4. The summed E-state index contributed by atoms with van der Waals surface area (Å²) in [6.07, 6.45) is 1.27. The van der Waals surface area contributed by atoms with E-state index in [0.717, 1.165) is 4.90 Å². The molecule has 0 aliphatic carbocycles. The van der Waals surface area contributed by atoms with Gasteiger partial charge in [0.05, 0.1) is 11.2 Å². The molecule has 0 radical (unpaired) electrons. The number of hydrogen-bond acceptors (Lipinski definition) is 3. The molecule has 0 saturated carbocycles. The van der Waals surface area contributed by atoms with E-state index in [2.05, 4.69) is 5.32 Å². The van der Waals surface area contributed by atoms with Gasteiger partial charge >= 0.3 is 5.97 Å². The van der Waals surface area contributed by atoms with Crippen LogP contribution in [-0.4, -0.2) is 28.8 Å². The Kier molecular flexibility index (Phi) is 8.02. The highest BCUT2D eigenvalue weighted by atomic mass is 32.2. The van der Waals surface area contributed by atoms with Gasteiger partial charge < -0.3 is 10.4 Å². The number of rotatable bonds is 9. The molecule has 4 nitrogen and oxygen atoms in total. The third kappa shape index (κ3) is 6.52. The van der Waals surface area contributed by atoms with Crippen LogP contribution in [0.4, 0.5) is 0 Å². The number of amides is 1. The van der Waals surface area contributed by atoms with Gasteiger partial charge in [0.2, 0.25) is 5.91 Å². The molecule has 0 spiro atoms. The van der Waals surface area contributed by atoms with Crippen LogP contribution in [0.2, 0.25) is 0 Å². The molecule has 2 N–H and O–H groups in total. The first-order valence-corrected chi connectivity index (χ1v) is 8.54. The van der Waals surface area contributed by atoms with Crippen LogP contribution in [0.25, 0.3) is 0 Å². The van der Waals surface area contributed by atoms with Gasteiger partial charge in [-0.05, 0) is 30.9 Å². The summed E-state index contributed by atoms with van der Waals surface area (Å²) in [5.41, 5.74) is 0. The molecular weight excluding hydrogens is 298 g/mol. The molecule has 2 atom stereocenters. The van der Waals surface area contributed by atoms with Gasteiger partial charge in [0.1, 0.15) is 0 Å². The molecule has 5 heteroatoms. The van der Waals surface area contributed by atoms with Crippen molar-refractivity contribution in [3.63, 3.8) is 0 Å². The Morgan fingerprint density at radius 2 is 1.86 bits per heavy atom. The van der Waals surface area contributed by atoms with Crippen LogP contribution < -0.4 is 5.32 Å². The van der Waals surface area contributed by atoms with E-state index >= 15 is 0 Å². The van der Waals surface area contributed by atoms with Crippen LogP contribution >= 0.6 is 11.8 Å². The van der Waals surface area contributed by atoms with E-state index < -0.39 is 11.9 Å². The van der Waals surface area contributed by atoms with E-state index in [9.17, 15) is 14.7 Å². The average Bonchev–Trinajstić information content (AvgIpc) is 2.49. The number of carbonyl (C=O) groups is 2. The Morgan fingerprint density at radius 1 is 1.23 bits per heavy atom. The SMILES string of the molecule is CCC(Sc1ccccc1)C(=O)NCC(CC(C)C)C(=O)O. The lowest BCUT2D eigenvalue weighted by Crippen LogP contribution is -2.38. The van der Waals surface area contributed by atoms with Crippen LogP contribution in [0.3, 0.4) is 0 Å². The quantitative estimate of drug-likeness (QED) is 0.683. The Morgan fingerprint density at radius 3 is 2.36 bits per heavy atom. The minimum Gasteiger partial charge on any atom is -0.481 e. The van der Waals surface area contributed by atoms with E-state index in [1.54, 1.807) is 0 Å². The van der Waals surface area contributed by atoms with Gasteiger partial charge in [-0.25, -0.2) is 0 Å². The van der Waals surface area contributed by atoms with E-state index in [-0.39, 0.29) is 17.7 Å². The monoisotopic (exact) mass is 323 g/mol. The summed E-state index contributed by atoms with van der Waals surface area (Å²) in [7, 11) is 0. The Hall–Kier alpha value is -1.49. The third-order valence-corrected chi connectivity index (χ3v) is 4.69. The second-order valence-electron chi connectivity index (χ2n) is 5.74. The topological polar surface area (TPSA) is 66.4 Å². The molecule has 1 aromatic rings. The average molecular weight is 323 g/mol. The van der Waals surface area contributed by atoms with Gasteiger partial charge in [0, 0.05) is 11.4 Å². The van der Waals surface area contributed by atoms with Crippen LogP contribution in [0.1, 0.15) is 33.6 Å². The van der Waals surface area contributed by atoms with Crippen molar-refractivity contribution in [3.05, 3.63) is 30.3 Å². The minimum atomic E-state index is -0.849. The van der Waals surface area contributed by atoms with Crippen LogP contribution in [-0.2, 0) is 9.59 Å². The number of carbonyl (C=O) groups excluding carboxylic acids is 1. The van der Waals surface area contributed by atoms with Crippen molar-refractivity contribution in [1.29, 1.82) is 0 Å². The molecule has 0 bridgehead atoms. The summed E-state index contributed by atoms with van der Waals surface area (Å²) in [6.45, 7) is 6.12. The lowest BCUT2D eigenvalue weighted by atomic mass is 9.97. The lowest BCUT2D eigenvalue weighted by molar-refractivity contribution is -0.142. The summed E-state index contributed by atoms with van der Waals surface area (Å²) in [4.78, 5) is 24.5. The van der Waals surface area contributed by atoms with Crippen molar-refractivity contribution in [3.8, 4) is 0 Å². The summed E-state index contributed by atoms with van der Waals surface area (Å²) in [6, 6.07) is 9.76. The van der Waals surface area contributed by atoms with Crippen molar-refractivity contribution in [2.24, 2.45) is 11.8 Å². The van der Waals surface area contributed by atoms with Crippen LogP contribution in [0.5, 0.6) is 0 Å². The maximum absolute atomic E-state index is 12.3. The Labute approximate surface area is 136 Å². The lowest BCUT2D eigenvalue weighted by Gasteiger charge is -2.18. The predicted molar refractivity (Wildman–Crippen MR) is 90.0 cm³/mol. The fraction of sp³-hybridized carbons (Fsp3) is 0.529. The maximum atomic E-state index is 12.3. The zero-order valence-corrected chi connectivity index (χ0v) is 14.2. The molecule has 1 aromatic carbocycles. The van der Waals surface area contributed by atoms with Gasteiger partial charge in [0.25, 0.3) is 0 Å². The van der Waals surface area contributed by atoms with Crippen molar-refractivity contribution in [1.82, 2.24) is 5.32 Å². The zero-order chi connectivity index (χ0) is 16.5. The molecular formula is C17H25NO3S. The van der Waals surface area contributed by atoms with E-state index in [1.807, 2.05) is 51.1 Å². The smallest absolute Gasteiger partial charge is 0.308 e. The van der Waals surface area contributed by atoms with Gasteiger partial charge in [-0.1, -0.05) is 39.0 Å². The number of carboxylic acid groups (broad SMARTS) is 1. The molecule has 2 unspecified atom stereocenters. The highest BCUT2D eigenvalue weighted by Gasteiger charge is 2.22. The standard InChI is InChI=1S/C17H25NO3S/c1-4-15(22-14-8-6-5-7-9-14)16(19)18-11-13(17(20)21)10-12(2)3/h5-9,12-13,15H,4,10-11H2,1-3H3,(H,18,19)(H,20,21). The second-order valence-corrected chi connectivity index (χ2v) is 7.01. The van der Waals surface area contributed by atoms with Crippen LogP contribution in [0, 0.1) is 11.8 Å². The van der Waals surface area contributed by atoms with Gasteiger partial charge in [0.15, 0.2) is 0 Å². The number of thioether (sulfide) groups is 1. The summed E-state index contributed by atoms with van der Waals surface area (Å²) >= 11 is 1.51. The van der Waals surface area contributed by atoms with E-state index in [0.29, 0.717) is 18.8 Å². The minimum absolute atomic E-state index is 0.0913. The Bertz CT molecular complexity index is 476. The molecule has 1 amide bonds. The molecule has 0 aliphatic rings. The normalized spacial score (nSPS) is 13.6. The van der Waals surface area contributed by atoms with Crippen molar-refractivity contribution in [2.45, 2.75) is 43.8 Å². The molecule has 0 aromatic heterocycles. The summed E-state index contributed by atoms with van der Waals surface area (Å²) < 4.78 is 0. The third-order valence-electron chi connectivity index (χ3n) is 3.31. The summed E-state index contributed by atoms with van der Waals surface area (Å²) in [5.74, 6) is -1.18. The van der Waals surface area contributed by atoms with Gasteiger partial charge in [-0.15, -0.1) is 11.8 Å². The molecule has 1 rings (SSSR count). The first-order valence-electron chi connectivity index (χ1n) is 7.66. The maximum Gasteiger partial charge on any atom is 0.308 e. The highest BCUT2D eigenvalue weighted by Crippen LogP contribution is 2.25. The second kappa shape index (κ2) is 9.51. The Balaban J connectivity index is 2.55. The predicted octanol–water partition coefficient (Wildman–Crippen LogP) is 3.42. The zero-order valence-electron chi connectivity index (χ0n) is 13.4. The van der Waals surface area contributed by atoms with Crippen molar-refractivity contribution < 1.29 is 14.7 Å². The van der Waals surface area contributed by atoms with Gasteiger partial charge in [-0.2, -0.15) is 0 Å². The molecule has 0 aliphatic heterocycles. The van der Waals surface area contributed by atoms with E-state index in [4.69, 9.17) is 0 Å².